The van der Waals surface area contributed by atoms with Crippen molar-refractivity contribution in [1.29, 1.82) is 5.26 Å². The Morgan fingerprint density at radius 2 is 1.89 bits per heavy atom. The first-order valence-electron chi connectivity index (χ1n) is 6.40. The van der Waals surface area contributed by atoms with Gasteiger partial charge in [-0.05, 0) is 38.5 Å². The van der Waals surface area contributed by atoms with Crippen molar-refractivity contribution in [2.24, 2.45) is 0 Å². The average molecular weight is 281 g/mol. The number of β-amino-alcohol motifs (C(OH)–C–C–N with tert-alkyl or cyclic N) is 1. The Balaban J connectivity index is 2.73. The summed E-state index contributed by atoms with van der Waals surface area (Å²) in [5, 5.41) is 19.6. The molecule has 0 aromatic heterocycles. The van der Waals surface area contributed by atoms with E-state index >= 15 is 0 Å². The van der Waals surface area contributed by atoms with Crippen molar-refractivity contribution >= 4 is 11.6 Å². The second-order valence-corrected chi connectivity index (χ2v) is 6.03. The van der Waals surface area contributed by atoms with E-state index in [-0.39, 0.29) is 5.54 Å². The summed E-state index contributed by atoms with van der Waals surface area (Å²) in [6.45, 7) is 7.41. The van der Waals surface area contributed by atoms with E-state index in [0.29, 0.717) is 24.5 Å². The van der Waals surface area contributed by atoms with Gasteiger partial charge in [0.05, 0.1) is 12.2 Å². The van der Waals surface area contributed by atoms with E-state index in [1.165, 1.54) is 0 Å². The molecule has 0 aliphatic carbocycles. The van der Waals surface area contributed by atoms with Gasteiger partial charge in [0.15, 0.2) is 0 Å². The smallest absolute Gasteiger partial charge is 0.0917 e. The molecule has 1 aromatic carbocycles. The van der Waals surface area contributed by atoms with Crippen molar-refractivity contribution < 1.29 is 5.11 Å². The Bertz CT molecular complexity index is 431. The predicted molar refractivity (Wildman–Crippen MR) is 78.0 cm³/mol. The van der Waals surface area contributed by atoms with Crippen molar-refractivity contribution in [2.45, 2.75) is 38.8 Å². The molecule has 0 fully saturated rings. The molecule has 0 radical (unpaired) electrons. The summed E-state index contributed by atoms with van der Waals surface area (Å²) in [7, 11) is 0. The summed E-state index contributed by atoms with van der Waals surface area (Å²) in [5.41, 5.74) is 0.764. The third-order valence-electron chi connectivity index (χ3n) is 3.09. The summed E-state index contributed by atoms with van der Waals surface area (Å²) in [6.07, 6.45) is -0.111. The highest BCUT2D eigenvalue weighted by Gasteiger charge is 2.23. The molecule has 0 aliphatic heterocycles. The first-order chi connectivity index (χ1) is 8.84. The van der Waals surface area contributed by atoms with Gasteiger partial charge in [0.25, 0.3) is 0 Å². The van der Waals surface area contributed by atoms with Crippen LogP contribution in [-0.2, 0) is 0 Å². The Kier molecular flexibility index (Phi) is 5.81. The normalized spacial score (nSPS) is 13.3. The molecule has 1 N–H and O–H groups in total. The summed E-state index contributed by atoms with van der Waals surface area (Å²) < 4.78 is 0. The number of rotatable bonds is 5. The second kappa shape index (κ2) is 6.91. The van der Waals surface area contributed by atoms with Crippen molar-refractivity contribution in [1.82, 2.24) is 4.90 Å². The fraction of sp³-hybridized carbons (Fsp3) is 0.533. The molecule has 0 saturated heterocycles. The topological polar surface area (TPSA) is 47.3 Å². The minimum Gasteiger partial charge on any atom is -0.387 e. The van der Waals surface area contributed by atoms with Crippen molar-refractivity contribution in [2.75, 3.05) is 13.1 Å². The molecule has 0 spiro atoms. The Morgan fingerprint density at radius 1 is 1.32 bits per heavy atom. The van der Waals surface area contributed by atoms with Gasteiger partial charge in [-0.25, -0.2) is 0 Å². The molecule has 0 aliphatic rings. The molecule has 0 unspecified atom stereocenters. The van der Waals surface area contributed by atoms with Gasteiger partial charge in [-0.1, -0.05) is 23.7 Å². The van der Waals surface area contributed by atoms with Gasteiger partial charge in [-0.2, -0.15) is 5.26 Å². The number of nitrogens with zero attached hydrogens (tertiary/aromatic N) is 2. The van der Waals surface area contributed by atoms with Crippen LogP contribution in [0.1, 0.15) is 38.9 Å². The van der Waals surface area contributed by atoms with E-state index in [9.17, 15) is 5.11 Å². The summed E-state index contributed by atoms with van der Waals surface area (Å²) in [6, 6.07) is 9.36. The lowest BCUT2D eigenvalue weighted by molar-refractivity contribution is 0.0599. The lowest BCUT2D eigenvalue weighted by atomic mass is 10.0. The molecule has 1 rings (SSSR count). The standard InChI is InChI=1S/C15H21ClN2O/c1-15(2,3)18(10-4-9-17)11-14(19)12-5-7-13(16)8-6-12/h5-8,14,19H,4,10-11H2,1-3H3/t14-/m1/s1. The Hall–Kier alpha value is -1.08. The number of aliphatic hydroxyl groups is 1. The molecule has 0 heterocycles. The highest BCUT2D eigenvalue weighted by Crippen LogP contribution is 2.21. The highest BCUT2D eigenvalue weighted by atomic mass is 35.5. The highest BCUT2D eigenvalue weighted by molar-refractivity contribution is 6.30. The zero-order chi connectivity index (χ0) is 14.5. The number of aliphatic hydroxyl groups excluding tert-OH is 1. The van der Waals surface area contributed by atoms with Gasteiger partial charge < -0.3 is 5.11 Å². The molecule has 4 heteroatoms. The third kappa shape index (κ3) is 5.20. The second-order valence-electron chi connectivity index (χ2n) is 5.59. The van der Waals surface area contributed by atoms with Crippen LogP contribution in [0.15, 0.2) is 24.3 Å². The summed E-state index contributed by atoms with van der Waals surface area (Å²) in [5.74, 6) is 0. The van der Waals surface area contributed by atoms with Crippen molar-refractivity contribution in [3.05, 3.63) is 34.9 Å². The van der Waals surface area contributed by atoms with E-state index in [4.69, 9.17) is 16.9 Å². The first-order valence-corrected chi connectivity index (χ1v) is 6.78. The number of halogens is 1. The van der Waals surface area contributed by atoms with Crippen molar-refractivity contribution in [3.63, 3.8) is 0 Å². The van der Waals surface area contributed by atoms with Gasteiger partial charge in [-0.3, -0.25) is 4.90 Å². The zero-order valence-electron chi connectivity index (χ0n) is 11.7. The minimum absolute atomic E-state index is 0.0791. The molecular weight excluding hydrogens is 260 g/mol. The van der Waals surface area contributed by atoms with Gasteiger partial charge in [-0.15, -0.1) is 0 Å². The minimum atomic E-state index is -0.574. The van der Waals surface area contributed by atoms with Gasteiger partial charge in [0.1, 0.15) is 0 Å². The molecule has 3 nitrogen and oxygen atoms in total. The molecule has 1 aromatic rings. The van der Waals surface area contributed by atoms with E-state index in [0.717, 1.165) is 5.56 Å². The Morgan fingerprint density at radius 3 is 2.37 bits per heavy atom. The molecule has 104 valence electrons. The van der Waals surface area contributed by atoms with E-state index < -0.39 is 6.10 Å². The van der Waals surface area contributed by atoms with Gasteiger partial charge in [0, 0.05) is 30.1 Å². The lowest BCUT2D eigenvalue weighted by Crippen LogP contribution is -2.44. The van der Waals surface area contributed by atoms with Gasteiger partial charge in [0.2, 0.25) is 0 Å². The zero-order valence-corrected chi connectivity index (χ0v) is 12.5. The monoisotopic (exact) mass is 280 g/mol. The summed E-state index contributed by atoms with van der Waals surface area (Å²) in [4.78, 5) is 2.12. The third-order valence-corrected chi connectivity index (χ3v) is 3.34. The molecule has 0 saturated carbocycles. The molecule has 19 heavy (non-hydrogen) atoms. The quantitative estimate of drug-likeness (QED) is 0.899. The number of hydrogen-bond acceptors (Lipinski definition) is 3. The van der Waals surface area contributed by atoms with Crippen LogP contribution in [0.4, 0.5) is 0 Å². The van der Waals surface area contributed by atoms with Crippen LogP contribution in [0.5, 0.6) is 0 Å². The maximum atomic E-state index is 10.3. The van der Waals surface area contributed by atoms with Crippen LogP contribution < -0.4 is 0 Å². The lowest BCUT2D eigenvalue weighted by Gasteiger charge is -2.36. The van der Waals surface area contributed by atoms with E-state index in [1.807, 2.05) is 12.1 Å². The predicted octanol–water partition coefficient (Wildman–Crippen LogP) is 3.39. The number of hydrogen-bond donors (Lipinski definition) is 1. The van der Waals surface area contributed by atoms with Crippen LogP contribution in [-0.4, -0.2) is 28.6 Å². The summed E-state index contributed by atoms with van der Waals surface area (Å²) >= 11 is 5.84. The number of nitriles is 1. The van der Waals surface area contributed by atoms with Crippen LogP contribution in [0.2, 0.25) is 5.02 Å². The van der Waals surface area contributed by atoms with Crippen LogP contribution in [0.3, 0.4) is 0 Å². The van der Waals surface area contributed by atoms with Crippen LogP contribution in [0, 0.1) is 11.3 Å². The maximum absolute atomic E-state index is 10.3. The number of benzene rings is 1. The fourth-order valence-corrected chi connectivity index (χ4v) is 2.01. The fourth-order valence-electron chi connectivity index (χ4n) is 1.88. The SMILES string of the molecule is CC(C)(C)N(CCC#N)C[C@@H](O)c1ccc(Cl)cc1. The van der Waals surface area contributed by atoms with E-state index in [1.54, 1.807) is 12.1 Å². The molecule has 1 atom stereocenters. The molecule has 0 bridgehead atoms. The first kappa shape index (κ1) is 16.0. The van der Waals surface area contributed by atoms with E-state index in [2.05, 4.69) is 31.7 Å². The molecular formula is C15H21ClN2O. The average Bonchev–Trinajstić information content (AvgIpc) is 2.33. The van der Waals surface area contributed by atoms with Crippen LogP contribution in [0.25, 0.3) is 0 Å². The van der Waals surface area contributed by atoms with Crippen molar-refractivity contribution in [3.8, 4) is 6.07 Å². The Labute approximate surface area is 120 Å². The molecule has 0 amide bonds. The van der Waals surface area contributed by atoms with Crippen LogP contribution >= 0.6 is 11.6 Å². The maximum Gasteiger partial charge on any atom is 0.0917 e. The van der Waals surface area contributed by atoms with Gasteiger partial charge >= 0.3 is 0 Å². The largest absolute Gasteiger partial charge is 0.387 e.